The van der Waals surface area contributed by atoms with Crippen LogP contribution < -0.4 is 28.9 Å². The number of fused-ring (bicyclic) bond motifs is 3. The van der Waals surface area contributed by atoms with Crippen molar-refractivity contribution >= 4 is 144 Å². The summed E-state index contributed by atoms with van der Waals surface area (Å²) in [6.45, 7) is 4.17. The number of para-hydroxylation sites is 1. The third-order valence-corrected chi connectivity index (χ3v) is 24.3. The molecule has 0 spiro atoms. The predicted molar refractivity (Wildman–Crippen MR) is 412 cm³/mol. The number of nitrogens with zero attached hydrogens (tertiary/aromatic N) is 13. The van der Waals surface area contributed by atoms with Gasteiger partial charge in [-0.05, 0) is 157 Å². The summed E-state index contributed by atoms with van der Waals surface area (Å²) in [5.74, 6) is -0.425. The summed E-state index contributed by atoms with van der Waals surface area (Å²) >= 11 is 12.9. The van der Waals surface area contributed by atoms with Gasteiger partial charge in [-0.1, -0.05) is 47.5 Å². The topological polar surface area (TPSA) is 315 Å². The van der Waals surface area contributed by atoms with E-state index >= 15 is 0 Å². The van der Waals surface area contributed by atoms with Gasteiger partial charge in [0.1, 0.15) is 38.3 Å². The number of nitrogens with one attached hydrogen (secondary N) is 2. The lowest BCUT2D eigenvalue weighted by molar-refractivity contribution is -0.138. The number of carbonyl (C=O) groups excluding carboxylic acids is 5. The highest BCUT2D eigenvalue weighted by molar-refractivity contribution is 7.93. The molecule has 0 saturated carbocycles. The first-order valence-electron chi connectivity index (χ1n) is 34.2. The molecular weight excluding hydrogens is 1550 g/mol. The van der Waals surface area contributed by atoms with E-state index in [0.717, 1.165) is 40.0 Å². The number of hydrogen-bond acceptors (Lipinski definition) is 19. The number of aromatic nitrogens is 7. The van der Waals surface area contributed by atoms with Gasteiger partial charge in [0, 0.05) is 137 Å². The molecular formula is C74H72Cl2F3N15O12S4. The zero-order valence-corrected chi connectivity index (χ0v) is 63.0. The van der Waals surface area contributed by atoms with Gasteiger partial charge in [0.05, 0.1) is 37.6 Å². The maximum Gasteiger partial charge on any atom is 0.416 e. The number of aryl methyl sites for hydroxylation is 1. The van der Waals surface area contributed by atoms with Crippen LogP contribution in [0.5, 0.6) is 5.75 Å². The number of sulfone groups is 1. The van der Waals surface area contributed by atoms with Crippen LogP contribution in [0.2, 0.25) is 10.2 Å². The maximum absolute atomic E-state index is 13.1. The molecule has 0 aliphatic carbocycles. The van der Waals surface area contributed by atoms with Gasteiger partial charge in [-0.2, -0.15) is 13.2 Å². The first-order valence-corrected chi connectivity index (χ1v) is 40.5. The number of halogens is 5. The largest absolute Gasteiger partial charge is 0.492 e. The minimum atomic E-state index is -4.51. The lowest BCUT2D eigenvalue weighted by Gasteiger charge is -2.38. The summed E-state index contributed by atoms with van der Waals surface area (Å²) < 4.78 is 129. The van der Waals surface area contributed by atoms with Crippen LogP contribution in [0.25, 0.3) is 21.8 Å². The highest BCUT2D eigenvalue weighted by Gasteiger charge is 2.35. The normalized spacial score (nSPS) is 15.6. The van der Waals surface area contributed by atoms with Gasteiger partial charge in [-0.25, -0.2) is 40.2 Å². The Hall–Kier alpha value is -11.0. The number of anilines is 5. The second kappa shape index (κ2) is 33.0. The van der Waals surface area contributed by atoms with Gasteiger partial charge in [0.2, 0.25) is 29.5 Å². The SMILES string of the molecule is O=C(C1COc2ccccc2C1)N1CCN(c2ccc(S(=O)(=O)Cc3ccncn3)cc2)CC1.O=C(CCn1ccc2cc(Cl)ccc21)N1CCN(c2ccc(S(=O)(=O)Nc3nccs3)cc2)C(=O)C1.O=C(Cn1ccc2ccc(C(F)(F)F)cc21)N1CCN(c2ccc(S(=O)(=O)Nc3ccc(Cl)nn3)cc2)C(=O)C1.[HH].[HH]. The fraction of sp³-hybridized carbons (Fsp3) is 0.243. The molecule has 1 atom stereocenters. The number of thiazole rings is 1. The molecule has 6 aromatic carbocycles. The first kappa shape index (κ1) is 77.1. The van der Waals surface area contributed by atoms with E-state index in [0.29, 0.717) is 86.3 Å². The van der Waals surface area contributed by atoms with E-state index in [1.807, 2.05) is 76.3 Å². The number of sulfonamides is 2. The van der Waals surface area contributed by atoms with Crippen LogP contribution >= 0.6 is 34.5 Å². The number of amides is 5. The van der Waals surface area contributed by atoms with E-state index in [1.54, 1.807) is 51.6 Å². The second-order valence-corrected chi connectivity index (χ2v) is 32.8. The lowest BCUT2D eigenvalue weighted by Crippen LogP contribution is -2.53. The van der Waals surface area contributed by atoms with Crippen molar-refractivity contribution in [1.82, 2.24) is 49.0 Å². The van der Waals surface area contributed by atoms with Crippen molar-refractivity contribution in [1.29, 1.82) is 0 Å². The monoisotopic (exact) mass is 1620 g/mol. The first-order chi connectivity index (χ1) is 52.7. The van der Waals surface area contributed by atoms with Crippen molar-refractivity contribution in [3.05, 3.63) is 227 Å². The highest BCUT2D eigenvalue weighted by Crippen LogP contribution is 2.34. The van der Waals surface area contributed by atoms with Crippen LogP contribution in [0.4, 0.5) is 41.2 Å². The third-order valence-electron chi connectivity index (χ3n) is 18.7. The average Bonchev–Trinajstić information content (AvgIpc) is 0.923. The summed E-state index contributed by atoms with van der Waals surface area (Å²) in [4.78, 5) is 86.5. The molecule has 11 aromatic rings. The fourth-order valence-electron chi connectivity index (χ4n) is 12.9. The Morgan fingerprint density at radius 1 is 0.600 bits per heavy atom. The molecule has 110 heavy (non-hydrogen) atoms. The minimum absolute atomic E-state index is 0. The molecule has 4 aliphatic rings. The van der Waals surface area contributed by atoms with Crippen LogP contribution in [0.1, 0.15) is 26.1 Å². The molecule has 3 fully saturated rings. The molecule has 1 unspecified atom stereocenters. The van der Waals surface area contributed by atoms with E-state index in [-0.39, 0.29) is 114 Å². The zero-order valence-electron chi connectivity index (χ0n) is 58.2. The number of ether oxygens (including phenoxy) is 1. The molecule has 3 saturated heterocycles. The van der Waals surface area contributed by atoms with Gasteiger partial charge in [-0.15, -0.1) is 21.5 Å². The smallest absolute Gasteiger partial charge is 0.416 e. The Labute approximate surface area is 646 Å². The van der Waals surface area contributed by atoms with Crippen molar-refractivity contribution in [3.8, 4) is 5.75 Å². The van der Waals surface area contributed by atoms with Crippen LogP contribution in [0.3, 0.4) is 0 Å². The van der Waals surface area contributed by atoms with Crippen LogP contribution in [-0.2, 0) is 85.3 Å². The van der Waals surface area contributed by atoms with E-state index in [2.05, 4.69) is 39.5 Å². The number of alkyl halides is 3. The summed E-state index contributed by atoms with van der Waals surface area (Å²) in [5, 5.41) is 11.5. The van der Waals surface area contributed by atoms with Crippen molar-refractivity contribution in [2.75, 3.05) is 96.2 Å². The molecule has 2 N–H and O–H groups in total. The molecule has 574 valence electrons. The van der Waals surface area contributed by atoms with Gasteiger partial charge in [0.25, 0.3) is 20.0 Å². The van der Waals surface area contributed by atoms with Crippen LogP contribution in [-0.4, -0.2) is 176 Å². The highest BCUT2D eigenvalue weighted by atomic mass is 35.5. The molecule has 27 nitrogen and oxygen atoms in total. The van der Waals surface area contributed by atoms with Crippen molar-refractivity contribution in [2.45, 2.75) is 52.5 Å². The quantitative estimate of drug-likeness (QED) is 0.0806. The minimum Gasteiger partial charge on any atom is -0.492 e. The Morgan fingerprint density at radius 3 is 1.85 bits per heavy atom. The number of rotatable bonds is 18. The molecule has 5 amide bonds. The molecule has 36 heteroatoms. The summed E-state index contributed by atoms with van der Waals surface area (Å²) in [5.41, 5.74) is 3.97. The molecule has 5 aromatic heterocycles. The van der Waals surface area contributed by atoms with Crippen molar-refractivity contribution < 1.29 is 70.0 Å². The molecule has 0 bridgehead atoms. The molecule has 4 aliphatic heterocycles. The number of benzene rings is 6. The van der Waals surface area contributed by atoms with Crippen molar-refractivity contribution in [3.63, 3.8) is 0 Å². The lowest BCUT2D eigenvalue weighted by atomic mass is 9.95. The van der Waals surface area contributed by atoms with Gasteiger partial charge >= 0.3 is 6.18 Å². The Kier molecular flexibility index (Phi) is 23.2. The standard InChI is InChI=1S/C25H20ClF3N6O4S.C25H26N4O4S.C24H22ClN5O4S2.2H2/c26-21-7-8-22(31-30-21)32-40(38,39)19-5-3-18(4-6-19)35-12-11-34(15-24(35)37)23(36)14-33-10-9-16-1-2-17(13-20(16)33)25(27,28)29;30-25(20-15-19-3-1-2-4-24(19)33-16-20)29-13-11-28(12-14-29)22-5-7-23(8-6-22)34(31,32)17-21-9-10-26-18-27-21;25-18-1-6-21-17(15-18)7-10-28(21)11-8-22(31)29-12-13-30(23(32)16-29)19-2-4-20(5-3-19)36(33,34)27-24-26-9-14-35-24;;/h1-10,13H,11-12,14-15H2,(H,31,32);1-10,18,20H,11-17H2;1-7,9-10,14-15H,8,11-13,16H2,(H,26,27);2*1H. The average molecular weight is 1620 g/mol. The number of piperazine rings is 3. The third kappa shape index (κ3) is 18.5. The molecule has 0 radical (unpaired) electrons. The van der Waals surface area contributed by atoms with Gasteiger partial charge < -0.3 is 43.3 Å². The van der Waals surface area contributed by atoms with Crippen LogP contribution in [0, 0.1) is 5.92 Å². The summed E-state index contributed by atoms with van der Waals surface area (Å²) in [6.07, 6.45) is 4.32. The maximum atomic E-state index is 13.1. The Balaban J connectivity index is 0.000000165. The Bertz CT molecular complexity index is 5570. The van der Waals surface area contributed by atoms with E-state index < -0.39 is 47.5 Å². The van der Waals surface area contributed by atoms with Crippen LogP contribution in [0.15, 0.2) is 215 Å². The van der Waals surface area contributed by atoms with E-state index in [9.17, 15) is 62.4 Å². The number of hydrogen-bond donors (Lipinski definition) is 2. The molecule has 15 rings (SSSR count). The molecule has 9 heterocycles. The second-order valence-electron chi connectivity index (χ2n) is 25.8. The van der Waals surface area contributed by atoms with Crippen molar-refractivity contribution in [2.24, 2.45) is 5.92 Å². The summed E-state index contributed by atoms with van der Waals surface area (Å²) in [6, 6.07) is 43.4. The van der Waals surface area contributed by atoms with E-state index in [1.165, 1.54) is 105 Å². The predicted octanol–water partition coefficient (Wildman–Crippen LogP) is 10.4. The summed E-state index contributed by atoms with van der Waals surface area (Å²) in [7, 11) is -11.2. The number of carbonyl (C=O) groups is 5. The Morgan fingerprint density at radius 2 is 1.23 bits per heavy atom. The van der Waals surface area contributed by atoms with E-state index in [4.69, 9.17) is 27.9 Å². The van der Waals surface area contributed by atoms with Gasteiger partial charge in [0.15, 0.2) is 25.9 Å². The fourth-order valence-corrected chi connectivity index (χ4v) is 17.2. The zero-order chi connectivity index (χ0) is 77.5. The van der Waals surface area contributed by atoms with Gasteiger partial charge in [-0.3, -0.25) is 33.4 Å².